The Balaban J connectivity index is 1.79. The molecule has 0 atom stereocenters. The van der Waals surface area contributed by atoms with E-state index in [0.717, 1.165) is 19.6 Å². The maximum absolute atomic E-state index is 4.05. The normalized spacial score (nSPS) is 17.3. The van der Waals surface area contributed by atoms with Crippen LogP contribution in [-0.2, 0) is 6.54 Å². The van der Waals surface area contributed by atoms with Gasteiger partial charge in [0, 0.05) is 38.1 Å². The first-order valence-electron chi connectivity index (χ1n) is 4.28. The molecule has 0 radical (unpaired) electrons. The molecule has 0 unspecified atom stereocenters. The molecule has 3 nitrogen and oxygen atoms in total. The van der Waals surface area contributed by atoms with Crippen LogP contribution in [0.2, 0.25) is 0 Å². The van der Waals surface area contributed by atoms with Gasteiger partial charge in [-0.05, 0) is 11.6 Å². The second-order valence-electron chi connectivity index (χ2n) is 3.10. The Labute approximate surface area is 72.2 Å². The van der Waals surface area contributed by atoms with Gasteiger partial charge in [0.25, 0.3) is 0 Å². The molecule has 1 aromatic heterocycles. The zero-order valence-corrected chi connectivity index (χ0v) is 6.96. The molecule has 0 aromatic carbocycles. The highest BCUT2D eigenvalue weighted by atomic mass is 15.1. The van der Waals surface area contributed by atoms with E-state index in [0.29, 0.717) is 6.04 Å². The molecule has 0 amide bonds. The molecule has 0 saturated carbocycles. The summed E-state index contributed by atoms with van der Waals surface area (Å²) in [7, 11) is 0. The third-order valence-electron chi connectivity index (χ3n) is 2.10. The molecule has 2 N–H and O–H groups in total. The van der Waals surface area contributed by atoms with Crippen molar-refractivity contribution in [1.82, 2.24) is 15.6 Å². The van der Waals surface area contributed by atoms with Crippen LogP contribution in [0.1, 0.15) is 5.56 Å². The second-order valence-corrected chi connectivity index (χ2v) is 3.10. The summed E-state index contributed by atoms with van der Waals surface area (Å²) in [6, 6.07) is 4.72. The second kappa shape index (κ2) is 3.65. The molecule has 0 bridgehead atoms. The van der Waals surface area contributed by atoms with Crippen LogP contribution in [0, 0.1) is 0 Å². The van der Waals surface area contributed by atoms with E-state index in [1.165, 1.54) is 5.56 Å². The van der Waals surface area contributed by atoms with Crippen LogP contribution in [0.15, 0.2) is 24.5 Å². The quantitative estimate of drug-likeness (QED) is 0.665. The number of nitrogens with zero attached hydrogens (tertiary/aromatic N) is 1. The molecular weight excluding hydrogens is 150 g/mol. The minimum absolute atomic E-state index is 0.658. The Hall–Kier alpha value is -0.930. The minimum Gasteiger partial charge on any atom is -0.314 e. The predicted molar refractivity (Wildman–Crippen MR) is 47.7 cm³/mol. The molecule has 0 aliphatic carbocycles. The van der Waals surface area contributed by atoms with Crippen LogP contribution in [-0.4, -0.2) is 24.1 Å². The lowest BCUT2D eigenvalue weighted by molar-refractivity contribution is 0.365. The molecule has 1 aliphatic rings. The van der Waals surface area contributed by atoms with Gasteiger partial charge in [0.1, 0.15) is 0 Å². The van der Waals surface area contributed by atoms with E-state index in [2.05, 4.69) is 21.7 Å². The van der Waals surface area contributed by atoms with Gasteiger partial charge in [-0.25, -0.2) is 0 Å². The Bertz CT molecular complexity index is 231. The maximum Gasteiger partial charge on any atom is 0.0320 e. The largest absolute Gasteiger partial charge is 0.314 e. The van der Waals surface area contributed by atoms with Crippen LogP contribution in [0.4, 0.5) is 0 Å². The molecule has 12 heavy (non-hydrogen) atoms. The standard InChI is InChI=1S/C9H13N3/c1-2-8(4-10-3-1)5-12-9-6-11-7-9/h1-4,9,11-12H,5-7H2. The van der Waals surface area contributed by atoms with E-state index in [9.17, 15) is 0 Å². The van der Waals surface area contributed by atoms with E-state index in [4.69, 9.17) is 0 Å². The molecule has 1 aromatic rings. The molecule has 2 rings (SSSR count). The number of rotatable bonds is 3. The average Bonchev–Trinajstić information content (AvgIpc) is 2.04. The fourth-order valence-electron chi connectivity index (χ4n) is 1.20. The highest BCUT2D eigenvalue weighted by Crippen LogP contribution is 1.97. The van der Waals surface area contributed by atoms with Crippen molar-refractivity contribution in [2.24, 2.45) is 0 Å². The van der Waals surface area contributed by atoms with Gasteiger partial charge in [0.2, 0.25) is 0 Å². The van der Waals surface area contributed by atoms with Gasteiger partial charge in [-0.15, -0.1) is 0 Å². The predicted octanol–water partition coefficient (Wildman–Crippen LogP) is 0.143. The van der Waals surface area contributed by atoms with Gasteiger partial charge >= 0.3 is 0 Å². The van der Waals surface area contributed by atoms with Crippen molar-refractivity contribution in [3.63, 3.8) is 0 Å². The van der Waals surface area contributed by atoms with Gasteiger partial charge in [-0.1, -0.05) is 6.07 Å². The summed E-state index contributed by atoms with van der Waals surface area (Å²) in [5, 5.41) is 6.65. The summed E-state index contributed by atoms with van der Waals surface area (Å²) in [4.78, 5) is 4.05. The molecule has 1 aliphatic heterocycles. The summed E-state index contributed by atoms with van der Waals surface area (Å²) >= 11 is 0. The summed E-state index contributed by atoms with van der Waals surface area (Å²) in [5.74, 6) is 0. The summed E-state index contributed by atoms with van der Waals surface area (Å²) < 4.78 is 0. The lowest BCUT2D eigenvalue weighted by atomic mass is 10.1. The van der Waals surface area contributed by atoms with E-state index in [1.54, 1.807) is 6.20 Å². The monoisotopic (exact) mass is 163 g/mol. The lowest BCUT2D eigenvalue weighted by Gasteiger charge is -2.28. The molecule has 2 heterocycles. The maximum atomic E-state index is 4.05. The van der Waals surface area contributed by atoms with Crippen molar-refractivity contribution in [3.8, 4) is 0 Å². The highest BCUT2D eigenvalue weighted by molar-refractivity contribution is 5.08. The first kappa shape index (κ1) is 7.71. The molecule has 1 saturated heterocycles. The van der Waals surface area contributed by atoms with Crippen LogP contribution in [0.3, 0.4) is 0 Å². The third kappa shape index (κ3) is 1.81. The summed E-state index contributed by atoms with van der Waals surface area (Å²) in [6.45, 7) is 3.13. The number of nitrogens with one attached hydrogen (secondary N) is 2. The Morgan fingerprint density at radius 3 is 3.08 bits per heavy atom. The Kier molecular flexibility index (Phi) is 2.34. The topological polar surface area (TPSA) is 37.0 Å². The summed E-state index contributed by atoms with van der Waals surface area (Å²) in [6.07, 6.45) is 3.70. The smallest absolute Gasteiger partial charge is 0.0320 e. The van der Waals surface area contributed by atoms with Gasteiger partial charge in [0.15, 0.2) is 0 Å². The van der Waals surface area contributed by atoms with Crippen molar-refractivity contribution in [2.75, 3.05) is 13.1 Å². The van der Waals surface area contributed by atoms with Crippen LogP contribution >= 0.6 is 0 Å². The molecule has 1 fully saturated rings. The molecule has 64 valence electrons. The van der Waals surface area contributed by atoms with Gasteiger partial charge in [-0.2, -0.15) is 0 Å². The van der Waals surface area contributed by atoms with Crippen molar-refractivity contribution in [3.05, 3.63) is 30.1 Å². The minimum atomic E-state index is 0.658. The number of pyridine rings is 1. The first-order valence-corrected chi connectivity index (χ1v) is 4.28. The highest BCUT2D eigenvalue weighted by Gasteiger charge is 2.14. The zero-order valence-electron chi connectivity index (χ0n) is 6.96. The summed E-state index contributed by atoms with van der Waals surface area (Å²) in [5.41, 5.74) is 1.25. The molecule has 3 heteroatoms. The van der Waals surface area contributed by atoms with Crippen molar-refractivity contribution >= 4 is 0 Å². The number of hydrogen-bond acceptors (Lipinski definition) is 3. The zero-order chi connectivity index (χ0) is 8.23. The fourth-order valence-corrected chi connectivity index (χ4v) is 1.20. The number of hydrogen-bond donors (Lipinski definition) is 2. The fraction of sp³-hybridized carbons (Fsp3) is 0.444. The van der Waals surface area contributed by atoms with E-state index in [1.807, 2.05) is 12.3 Å². The number of aromatic nitrogens is 1. The van der Waals surface area contributed by atoms with E-state index < -0.39 is 0 Å². The van der Waals surface area contributed by atoms with Crippen LogP contribution in [0.5, 0.6) is 0 Å². The third-order valence-corrected chi connectivity index (χ3v) is 2.10. The molecular formula is C9H13N3. The lowest BCUT2D eigenvalue weighted by Crippen LogP contribution is -2.54. The first-order chi connectivity index (χ1) is 5.95. The average molecular weight is 163 g/mol. The van der Waals surface area contributed by atoms with Crippen LogP contribution < -0.4 is 10.6 Å². The SMILES string of the molecule is c1cncc(CNC2CNC2)c1. The van der Waals surface area contributed by atoms with Crippen LogP contribution in [0.25, 0.3) is 0 Å². The van der Waals surface area contributed by atoms with Gasteiger partial charge in [0.05, 0.1) is 0 Å². The Morgan fingerprint density at radius 1 is 1.58 bits per heavy atom. The van der Waals surface area contributed by atoms with Gasteiger partial charge in [-0.3, -0.25) is 4.98 Å². The van der Waals surface area contributed by atoms with E-state index >= 15 is 0 Å². The van der Waals surface area contributed by atoms with Crippen molar-refractivity contribution < 1.29 is 0 Å². The Morgan fingerprint density at radius 2 is 2.50 bits per heavy atom. The van der Waals surface area contributed by atoms with Crippen molar-refractivity contribution in [2.45, 2.75) is 12.6 Å². The van der Waals surface area contributed by atoms with Crippen molar-refractivity contribution in [1.29, 1.82) is 0 Å². The molecule has 0 spiro atoms. The van der Waals surface area contributed by atoms with Gasteiger partial charge < -0.3 is 10.6 Å². The van der Waals surface area contributed by atoms with E-state index in [-0.39, 0.29) is 0 Å².